The number of rotatable bonds is 37. The molecule has 5 fully saturated rings. The molecule has 0 aliphatic carbocycles. The molecule has 0 bridgehead atoms. The van der Waals surface area contributed by atoms with Gasteiger partial charge in [0.15, 0.2) is 0 Å². The lowest BCUT2D eigenvalue weighted by Crippen LogP contribution is -2.43. The summed E-state index contributed by atoms with van der Waals surface area (Å²) >= 11 is 0. The number of Topliss-reactive ketones (excluding diaryl/α,β-unsaturated/α-hetero) is 1. The van der Waals surface area contributed by atoms with Crippen molar-refractivity contribution < 1.29 is 149 Å². The van der Waals surface area contributed by atoms with Gasteiger partial charge in [0, 0.05) is 156 Å². The number of hydrogen-bond donors (Lipinski definition) is 5. The first-order valence-electron chi connectivity index (χ1n) is 45.1. The van der Waals surface area contributed by atoms with Crippen LogP contribution in [0.5, 0.6) is 0 Å². The average molecular weight is 2070 g/mol. The molecule has 0 aromatic heterocycles. The highest BCUT2D eigenvalue weighted by molar-refractivity contribution is 6.28. The summed E-state index contributed by atoms with van der Waals surface area (Å²) < 4.78 is 57.1. The van der Waals surface area contributed by atoms with Gasteiger partial charge in [0.25, 0.3) is 11.8 Å². The minimum absolute atomic E-state index is 0. The van der Waals surface area contributed by atoms with E-state index in [1.807, 2.05) is 32.9 Å². The van der Waals surface area contributed by atoms with Crippen LogP contribution < -0.4 is 20.9 Å². The third-order valence-corrected chi connectivity index (χ3v) is 16.7. The number of morpholine rings is 1. The highest BCUT2D eigenvalue weighted by atomic mass is 16.7. The van der Waals surface area contributed by atoms with Crippen LogP contribution in [0, 0.1) is 28.1 Å². The van der Waals surface area contributed by atoms with E-state index in [9.17, 15) is 81.5 Å². The van der Waals surface area contributed by atoms with Crippen molar-refractivity contribution in [2.24, 2.45) is 5.41 Å². The molecule has 147 heavy (non-hydrogen) atoms. The van der Waals surface area contributed by atoms with E-state index in [4.69, 9.17) is 44.4 Å². The molecule has 6 aliphatic rings. The van der Waals surface area contributed by atoms with Gasteiger partial charge >= 0.3 is 41.8 Å². The number of likely N-dealkylation sites (tertiary alicyclic amines) is 2. The van der Waals surface area contributed by atoms with Gasteiger partial charge in [0.05, 0.1) is 75.9 Å². The van der Waals surface area contributed by atoms with Crippen LogP contribution in [-0.4, -0.2) is 302 Å². The number of nitriles is 2. The number of ether oxygens (including phenoxy) is 12. The van der Waals surface area contributed by atoms with Crippen LogP contribution in [-0.2, 0) is 138 Å². The molecular formula is C106H162N10O31. The minimum atomic E-state index is -0.537. The number of carbonyl (C=O) groups is 17. The van der Waals surface area contributed by atoms with Gasteiger partial charge in [-0.1, -0.05) is 145 Å². The molecule has 5 N–H and O–H groups in total. The van der Waals surface area contributed by atoms with E-state index in [0.717, 1.165) is 80.1 Å². The summed E-state index contributed by atoms with van der Waals surface area (Å²) in [7, 11) is 4.88. The maximum atomic E-state index is 11.2. The van der Waals surface area contributed by atoms with E-state index in [0.29, 0.717) is 127 Å². The quantitative estimate of drug-likeness (QED) is 0.00604. The van der Waals surface area contributed by atoms with Crippen LogP contribution in [0.2, 0.25) is 0 Å². The molecule has 9 amide bonds. The summed E-state index contributed by atoms with van der Waals surface area (Å²) in [6, 6.07) is 12.6. The Hall–Kier alpha value is -14.9. The Labute approximate surface area is 869 Å². The number of aliphatic hydroxyl groups excluding tert-OH is 2. The first-order valence-corrected chi connectivity index (χ1v) is 45.1. The smallest absolute Gasteiger partial charge is 0.333 e. The molecule has 7 rings (SSSR count). The summed E-state index contributed by atoms with van der Waals surface area (Å²) in [6.07, 6.45) is 26.0. The van der Waals surface area contributed by atoms with Gasteiger partial charge in [-0.25, -0.2) is 38.5 Å². The van der Waals surface area contributed by atoms with E-state index in [2.05, 4.69) is 148 Å². The Morgan fingerprint density at radius 3 is 1.38 bits per heavy atom. The maximum absolute atomic E-state index is 11.2. The summed E-state index contributed by atoms with van der Waals surface area (Å²) in [4.78, 5) is 189. The van der Waals surface area contributed by atoms with Crippen molar-refractivity contribution in [1.29, 1.82) is 10.5 Å². The topological polar surface area (TPSA) is 545 Å². The normalized spacial score (nSPS) is 13.1. The number of benzene rings is 1. The second kappa shape index (κ2) is 101. The Kier molecular flexibility index (Phi) is 105. The van der Waals surface area contributed by atoms with E-state index in [-0.39, 0.29) is 150 Å². The van der Waals surface area contributed by atoms with E-state index in [1.165, 1.54) is 61.8 Å². The maximum Gasteiger partial charge on any atom is 0.333 e. The predicted molar refractivity (Wildman–Crippen MR) is 562 cm³/mol. The molecule has 1 atom stereocenters. The number of amides is 9. The van der Waals surface area contributed by atoms with E-state index >= 15 is 0 Å². The number of esters is 7. The molecule has 1 aromatic rings. The van der Waals surface area contributed by atoms with Crippen molar-refractivity contribution in [2.75, 3.05) is 158 Å². The van der Waals surface area contributed by atoms with Crippen molar-refractivity contribution in [3.8, 4) is 12.1 Å². The summed E-state index contributed by atoms with van der Waals surface area (Å²) in [5.41, 5.74) is 1.36. The molecule has 6 heterocycles. The summed E-state index contributed by atoms with van der Waals surface area (Å²) in [5, 5.41) is 39.8. The number of likely N-dealkylation sites (N-methyl/N-ethyl adjacent to an activating group) is 1. The minimum Gasteiger partial charge on any atom is -0.463 e. The monoisotopic (exact) mass is 2070 g/mol. The molecule has 41 nitrogen and oxygen atoms in total. The number of hydrogen-bond acceptors (Lipinski definition) is 33. The fourth-order valence-corrected chi connectivity index (χ4v) is 9.16. The number of methoxy groups -OCH3 is 1. The summed E-state index contributed by atoms with van der Waals surface area (Å²) in [6.45, 7) is 73.9. The van der Waals surface area contributed by atoms with Gasteiger partial charge in [0.2, 0.25) is 41.4 Å². The molecule has 1 aromatic carbocycles. The first kappa shape index (κ1) is 152. The average Bonchev–Trinajstić information content (AvgIpc) is 1.70. The SMILES string of the molecule is C.C.C=C(C)C(=O)NC(C)C.C=C(C)C(=O)NCOC.C=C(C)C(=O)OCCO.C=CC#N.C=CC(=O)N(C)C.C=CC(=O)N1CCOCC1.C=CC(=O)NC(C)(C)CC(C)=O.C=CC(=O)OCC1(CC)COCOC1.C=CC(=O)OCC1CO1.C=CC(=O)OCCC#N.C=CC(=O)OCCCCO.C=CC(=O)OCCOC(=O)C=C.C=CN1CCCC1=O.C=CN1CCCCCC1=O.O=C1C=CC(=O)N1c1ccccc1. The van der Waals surface area contributed by atoms with Crippen molar-refractivity contribution in [3.05, 3.63) is 231 Å². The Morgan fingerprint density at radius 1 is 0.571 bits per heavy atom. The highest BCUT2D eigenvalue weighted by Crippen LogP contribution is 2.27. The third-order valence-electron chi connectivity index (χ3n) is 16.7. The zero-order valence-corrected chi connectivity index (χ0v) is 86.5. The fourth-order valence-electron chi connectivity index (χ4n) is 9.16. The molecule has 0 radical (unpaired) electrons. The van der Waals surface area contributed by atoms with Crippen molar-refractivity contribution in [3.63, 3.8) is 0 Å². The Balaban J connectivity index is -0.000000172. The number of carbonyl (C=O) groups excluding carboxylic acids is 17. The van der Waals surface area contributed by atoms with Gasteiger partial charge in [-0.15, -0.1) is 0 Å². The molecule has 6 aliphatic heterocycles. The number of nitrogens with zero attached hydrogens (tertiary/aromatic N) is 7. The molecular weight excluding hydrogens is 1910 g/mol. The lowest BCUT2D eigenvalue weighted by atomic mass is 9.87. The number of allylic oxidation sites excluding steroid dienone is 1. The molecule has 1 unspecified atom stereocenters. The number of nitrogens with one attached hydrogen (secondary N) is 3. The van der Waals surface area contributed by atoms with Gasteiger partial charge in [-0.2, -0.15) is 10.5 Å². The number of aliphatic hydroxyl groups is 2. The lowest BCUT2D eigenvalue weighted by molar-refractivity contribution is -0.185. The van der Waals surface area contributed by atoms with Gasteiger partial charge in [-0.05, 0) is 137 Å². The van der Waals surface area contributed by atoms with Crippen LogP contribution in [0.4, 0.5) is 5.69 Å². The fraction of sp³-hybridized carbons (Fsp3) is 0.462. The van der Waals surface area contributed by atoms with Crippen LogP contribution in [0.3, 0.4) is 0 Å². The van der Waals surface area contributed by atoms with Gasteiger partial charge < -0.3 is 103 Å². The first-order chi connectivity index (χ1) is 68.5. The van der Waals surface area contributed by atoms with Gasteiger partial charge in [0.1, 0.15) is 65.1 Å². The zero-order chi connectivity index (χ0) is 113. The molecule has 822 valence electrons. The molecule has 0 saturated carbocycles. The standard InChI is InChI=1S/C10H7NO2.C10H16O4.C9H15NO2.C8H13NO.C8H10O4.C7H11NO2.C7H13NO.C7H12O3.C6H11NO2.C6H7NO2.C6H9NO.C6H8O3.C6H10O3.C5H9NO.C3H3N.2CH4/c12-9-6-7-10(13)11(9)8-4-2-1-3-5-8;1-3-9(11)14-7-10(4-2)5-12-8-13-6-10;1-5-8(12)10-9(3,4)6-7(2)11;1-2-9-7-5-3-4-6-8(9)10;1-3-7(9)11-5-6-12-8(10)4-2;1-2-7(9)8-3-5-10-6-4-8;1-5(2)7(9)8-6(3)4;1-2-7(9)10-6-4-3-5-8;1-5(2)6(8)7-4-9-3;1-2-6(8)9-5-3-4-7;1-2-7-5-3-4-6(7)8;1-2-6(7)9-4-5-3-8-5;1-5(2)6(8)9-4-3-7;1-4-5(7)6(2)3;1-2-3-4;;/h1-7H;3H,1,4-8H2,2H3;5H,1,6H2,2-4H3,(H,10,12);2H,1,3-7H2;3-4H,1-2,5-6H2;2H,1,3-6H2;6H,1H2,2-4H3,(H,8,9);2,8H,1,3-6H2;1,4H2,2-3H3,(H,7,8);2H,1,3,5H2;2H,1,3-5H2;2,5H,1,3-4H2;7H,1,3-4H2,2H3;4H,1H2,2-3H3;2H,1H2;2*1H4. The third kappa shape index (κ3) is 97.0. The van der Waals surface area contributed by atoms with Crippen LogP contribution in [0.1, 0.15) is 148 Å². The number of ketones is 1. The molecule has 41 heteroatoms. The molecule has 0 spiro atoms. The van der Waals surface area contributed by atoms with E-state index < -0.39 is 41.4 Å². The zero-order valence-electron chi connectivity index (χ0n) is 86.5. The number of para-hydroxylation sites is 1. The Morgan fingerprint density at radius 2 is 1.03 bits per heavy atom. The lowest BCUT2D eigenvalue weighted by Gasteiger charge is -2.34. The van der Waals surface area contributed by atoms with Crippen LogP contribution >= 0.6 is 0 Å². The molecule has 5 saturated heterocycles. The van der Waals surface area contributed by atoms with Crippen LogP contribution in [0.25, 0.3) is 0 Å². The number of unbranched alkanes of at least 4 members (excludes halogenated alkanes) is 1. The second-order valence-corrected chi connectivity index (χ2v) is 30.4. The second-order valence-electron chi connectivity index (χ2n) is 30.4. The van der Waals surface area contributed by atoms with E-state index in [1.54, 1.807) is 106 Å². The van der Waals surface area contributed by atoms with Gasteiger partial charge in [-0.3, -0.25) is 47.9 Å². The van der Waals surface area contributed by atoms with Crippen molar-refractivity contribution in [2.45, 2.75) is 165 Å². The van der Waals surface area contributed by atoms with Crippen molar-refractivity contribution >= 4 is 106 Å². The largest absolute Gasteiger partial charge is 0.463 e. The number of imide groups is 1. The number of anilines is 1. The Bertz CT molecular complexity index is 4280. The van der Waals surface area contributed by atoms with Crippen molar-refractivity contribution in [1.82, 2.24) is 35.6 Å². The summed E-state index contributed by atoms with van der Waals surface area (Å²) in [5.74, 6) is -3.80. The van der Waals surface area contributed by atoms with Crippen LogP contribution in [0.15, 0.2) is 231 Å². The number of epoxide rings is 1. The highest BCUT2D eigenvalue weighted by Gasteiger charge is 2.34. The predicted octanol–water partition coefficient (Wildman–Crippen LogP) is 11.0.